The third-order valence-corrected chi connectivity index (χ3v) is 6.87. The Balaban J connectivity index is 2.03. The van der Waals surface area contributed by atoms with Crippen LogP contribution in [0.2, 0.25) is 0 Å². The summed E-state index contributed by atoms with van der Waals surface area (Å²) in [6, 6.07) is 2.03. The molecule has 0 amide bonds. The van der Waals surface area contributed by atoms with Crippen LogP contribution in [0.1, 0.15) is 56.7 Å². The number of hydrogen-bond acceptors (Lipinski definition) is 4. The zero-order valence-electron chi connectivity index (χ0n) is 13.8. The van der Waals surface area contributed by atoms with Gasteiger partial charge in [-0.25, -0.2) is 4.98 Å². The summed E-state index contributed by atoms with van der Waals surface area (Å²) in [5.74, 6) is 0.710. The minimum absolute atomic E-state index is 0.675. The molecule has 0 saturated carbocycles. The maximum Gasteiger partial charge on any atom is 0.127 e. The lowest BCUT2D eigenvalue weighted by Gasteiger charge is -2.02. The lowest BCUT2D eigenvalue weighted by atomic mass is 10.1. The number of fused-ring (bicyclic) bond motifs is 1. The van der Waals surface area contributed by atoms with E-state index in [2.05, 4.69) is 11.9 Å². The molecule has 2 aromatic heterocycles. The largest absolute Gasteiger partial charge is 0.396 e. The second-order valence-electron chi connectivity index (χ2n) is 5.88. The first-order chi connectivity index (χ1) is 10.5. The summed E-state index contributed by atoms with van der Waals surface area (Å²) in [5.41, 5.74) is 9.02. The van der Waals surface area contributed by atoms with Crippen LogP contribution in [-0.4, -0.2) is 14.9 Å². The standard InChI is InChI=1S/C17H26N2OS2/c1-4-5-6-7-8-9-10-22(20)17-15(18)14-12(2)11-13(3)19-16(14)21-17/h11H,4-10,18H2,1-3H3/t22-/m0/s1. The van der Waals surface area contributed by atoms with Gasteiger partial charge in [0.1, 0.15) is 9.04 Å². The molecule has 0 aliphatic carbocycles. The number of anilines is 1. The van der Waals surface area contributed by atoms with E-state index in [-0.39, 0.29) is 0 Å². The van der Waals surface area contributed by atoms with Gasteiger partial charge in [0.15, 0.2) is 0 Å². The number of aromatic nitrogens is 1. The van der Waals surface area contributed by atoms with E-state index in [1.54, 1.807) is 0 Å². The van der Waals surface area contributed by atoms with Crippen molar-refractivity contribution < 1.29 is 4.21 Å². The molecule has 0 unspecified atom stereocenters. The highest BCUT2D eigenvalue weighted by Crippen LogP contribution is 2.37. The molecule has 0 spiro atoms. The highest BCUT2D eigenvalue weighted by atomic mass is 32.2. The molecule has 122 valence electrons. The van der Waals surface area contributed by atoms with Crippen molar-refractivity contribution in [1.82, 2.24) is 4.98 Å². The molecule has 2 aromatic rings. The van der Waals surface area contributed by atoms with Gasteiger partial charge in [-0.05, 0) is 31.9 Å². The molecule has 3 nitrogen and oxygen atoms in total. The summed E-state index contributed by atoms with van der Waals surface area (Å²) in [4.78, 5) is 5.45. The maximum absolute atomic E-state index is 12.5. The predicted octanol–water partition coefficient (Wildman–Crippen LogP) is 4.96. The predicted molar refractivity (Wildman–Crippen MR) is 98.2 cm³/mol. The number of nitrogens with two attached hydrogens (primary N) is 1. The van der Waals surface area contributed by atoms with Crippen molar-refractivity contribution in [3.8, 4) is 0 Å². The van der Waals surface area contributed by atoms with E-state index in [0.29, 0.717) is 11.4 Å². The third kappa shape index (κ3) is 4.07. The molecule has 0 fully saturated rings. The summed E-state index contributed by atoms with van der Waals surface area (Å²) in [6.07, 6.45) is 7.26. The molecule has 5 heteroatoms. The van der Waals surface area contributed by atoms with Crippen LogP contribution in [0.5, 0.6) is 0 Å². The molecule has 0 aliphatic rings. The van der Waals surface area contributed by atoms with Gasteiger partial charge in [-0.3, -0.25) is 4.21 Å². The lowest BCUT2D eigenvalue weighted by Crippen LogP contribution is -1.99. The van der Waals surface area contributed by atoms with Crippen LogP contribution in [0.4, 0.5) is 5.69 Å². The Labute approximate surface area is 139 Å². The first-order valence-electron chi connectivity index (χ1n) is 8.09. The van der Waals surface area contributed by atoms with Gasteiger partial charge in [0.2, 0.25) is 0 Å². The van der Waals surface area contributed by atoms with E-state index in [0.717, 1.165) is 38.5 Å². The molecule has 2 N–H and O–H groups in total. The van der Waals surface area contributed by atoms with Gasteiger partial charge in [0, 0.05) is 16.8 Å². The van der Waals surface area contributed by atoms with Crippen molar-refractivity contribution in [3.05, 3.63) is 17.3 Å². The summed E-state index contributed by atoms with van der Waals surface area (Å²) in [6.45, 7) is 6.24. The molecular formula is C17H26N2OS2. The Morgan fingerprint density at radius 1 is 1.18 bits per heavy atom. The fraction of sp³-hybridized carbons (Fsp3) is 0.588. The van der Waals surface area contributed by atoms with Crippen LogP contribution < -0.4 is 5.73 Å². The number of nitrogen functional groups attached to an aromatic ring is 1. The summed E-state index contributed by atoms with van der Waals surface area (Å²) in [5, 5.41) is 0.988. The van der Waals surface area contributed by atoms with E-state index in [4.69, 9.17) is 5.73 Å². The van der Waals surface area contributed by atoms with Crippen LogP contribution in [-0.2, 0) is 10.8 Å². The van der Waals surface area contributed by atoms with Crippen LogP contribution in [0, 0.1) is 13.8 Å². The molecular weight excluding hydrogens is 312 g/mol. The zero-order chi connectivity index (χ0) is 16.1. The van der Waals surface area contributed by atoms with Crippen LogP contribution in [0.15, 0.2) is 10.3 Å². The number of aryl methyl sites for hydroxylation is 2. The van der Waals surface area contributed by atoms with Crippen molar-refractivity contribution >= 4 is 38.0 Å². The van der Waals surface area contributed by atoms with Crippen molar-refractivity contribution in [2.24, 2.45) is 0 Å². The van der Waals surface area contributed by atoms with Crippen LogP contribution in [0.3, 0.4) is 0 Å². The number of unbranched alkanes of at least 4 members (excludes halogenated alkanes) is 5. The van der Waals surface area contributed by atoms with Crippen molar-refractivity contribution in [2.75, 3.05) is 11.5 Å². The summed E-state index contributed by atoms with van der Waals surface area (Å²) < 4.78 is 13.3. The number of nitrogens with zero attached hydrogens (tertiary/aromatic N) is 1. The van der Waals surface area contributed by atoms with Crippen LogP contribution in [0.25, 0.3) is 10.2 Å². The minimum Gasteiger partial charge on any atom is -0.396 e. The number of thiophene rings is 1. The van der Waals surface area contributed by atoms with Gasteiger partial charge < -0.3 is 5.73 Å². The smallest absolute Gasteiger partial charge is 0.127 e. The molecule has 0 radical (unpaired) electrons. The van der Waals surface area contributed by atoms with E-state index >= 15 is 0 Å². The quantitative estimate of drug-likeness (QED) is 0.692. The van der Waals surface area contributed by atoms with Crippen molar-refractivity contribution in [2.45, 2.75) is 63.5 Å². The molecule has 0 saturated heterocycles. The van der Waals surface area contributed by atoms with E-state index in [1.165, 1.54) is 37.0 Å². The SMILES string of the molecule is CCCCCCCC[S@](=O)c1sc2nc(C)cc(C)c2c1N. The van der Waals surface area contributed by atoms with Gasteiger partial charge in [0.25, 0.3) is 0 Å². The Hall–Kier alpha value is -0.940. The average molecular weight is 339 g/mol. The summed E-state index contributed by atoms with van der Waals surface area (Å²) in [7, 11) is -0.996. The Kier molecular flexibility index (Phi) is 6.38. The topological polar surface area (TPSA) is 56.0 Å². The fourth-order valence-electron chi connectivity index (χ4n) is 2.72. The third-order valence-electron chi connectivity index (χ3n) is 3.88. The van der Waals surface area contributed by atoms with Gasteiger partial charge >= 0.3 is 0 Å². The minimum atomic E-state index is -0.996. The monoisotopic (exact) mass is 338 g/mol. The van der Waals surface area contributed by atoms with Gasteiger partial charge in [0.05, 0.1) is 16.5 Å². The average Bonchev–Trinajstić information content (AvgIpc) is 2.79. The Bertz CT molecular complexity index is 664. The molecule has 2 heterocycles. The van der Waals surface area contributed by atoms with E-state index in [9.17, 15) is 4.21 Å². The van der Waals surface area contributed by atoms with Gasteiger partial charge in [-0.2, -0.15) is 0 Å². The second-order valence-corrected chi connectivity index (χ2v) is 8.65. The zero-order valence-corrected chi connectivity index (χ0v) is 15.4. The van der Waals surface area contributed by atoms with Gasteiger partial charge in [-0.15, -0.1) is 11.3 Å². The normalized spacial score (nSPS) is 12.9. The Morgan fingerprint density at radius 2 is 1.86 bits per heavy atom. The van der Waals surface area contributed by atoms with E-state index < -0.39 is 10.8 Å². The molecule has 0 aromatic carbocycles. The lowest BCUT2D eigenvalue weighted by molar-refractivity contribution is 0.622. The summed E-state index contributed by atoms with van der Waals surface area (Å²) >= 11 is 1.50. The number of rotatable bonds is 8. The number of pyridine rings is 1. The fourth-order valence-corrected chi connectivity index (χ4v) is 5.53. The highest BCUT2D eigenvalue weighted by Gasteiger charge is 2.17. The maximum atomic E-state index is 12.5. The molecule has 0 aliphatic heterocycles. The van der Waals surface area contributed by atoms with Crippen LogP contribution >= 0.6 is 11.3 Å². The van der Waals surface area contributed by atoms with E-state index in [1.807, 2.05) is 19.9 Å². The highest BCUT2D eigenvalue weighted by molar-refractivity contribution is 7.87. The molecule has 1 atom stereocenters. The first kappa shape index (κ1) is 17.4. The first-order valence-corrected chi connectivity index (χ1v) is 10.2. The van der Waals surface area contributed by atoms with Crippen molar-refractivity contribution in [3.63, 3.8) is 0 Å². The number of hydrogen-bond donors (Lipinski definition) is 1. The molecule has 22 heavy (non-hydrogen) atoms. The second kappa shape index (κ2) is 8.06. The molecule has 0 bridgehead atoms. The Morgan fingerprint density at radius 3 is 2.59 bits per heavy atom. The van der Waals surface area contributed by atoms with Gasteiger partial charge in [-0.1, -0.05) is 39.0 Å². The molecule has 2 rings (SSSR count). The van der Waals surface area contributed by atoms with Crippen molar-refractivity contribution in [1.29, 1.82) is 0 Å².